The van der Waals surface area contributed by atoms with Gasteiger partial charge in [-0.3, -0.25) is 14.6 Å². The van der Waals surface area contributed by atoms with Crippen molar-refractivity contribution in [1.82, 2.24) is 20.1 Å². The smallest absolute Gasteiger partial charge is 0.253 e. The van der Waals surface area contributed by atoms with Crippen LogP contribution in [0.4, 0.5) is 10.1 Å². The molecule has 4 aliphatic rings. The molecule has 2 amide bonds. The molecule has 4 fully saturated rings. The average molecular weight is 608 g/mol. The van der Waals surface area contributed by atoms with Crippen molar-refractivity contribution < 1.29 is 14.0 Å². The predicted molar refractivity (Wildman–Crippen MR) is 174 cm³/mol. The number of nitrogens with zero attached hydrogens (tertiary/aromatic N) is 4. The van der Waals surface area contributed by atoms with E-state index in [1.807, 2.05) is 30.0 Å². The van der Waals surface area contributed by atoms with Crippen LogP contribution in [0.5, 0.6) is 0 Å². The number of likely N-dealkylation sites (tertiary alicyclic amines) is 1. The molecule has 1 N–H and O–H groups in total. The van der Waals surface area contributed by atoms with E-state index in [1.54, 1.807) is 12.4 Å². The summed E-state index contributed by atoms with van der Waals surface area (Å²) in [7, 11) is 2.17. The summed E-state index contributed by atoms with van der Waals surface area (Å²) < 4.78 is 13.8. The van der Waals surface area contributed by atoms with Gasteiger partial charge in [0, 0.05) is 56.3 Å². The second-order valence-corrected chi connectivity index (χ2v) is 14.1. The summed E-state index contributed by atoms with van der Waals surface area (Å²) in [5, 5.41) is 3.14. The molecule has 2 saturated heterocycles. The number of halogens is 1. The Kier molecular flexibility index (Phi) is 7.51. The highest BCUT2D eigenvalue weighted by atomic mass is 19.1. The molecule has 2 aromatic carbocycles. The number of allylic oxidation sites excluding steroid dienone is 1. The number of anilines is 1. The summed E-state index contributed by atoms with van der Waals surface area (Å²) in [6, 6.07) is 16.9. The largest absolute Gasteiger partial charge is 0.367 e. The number of benzene rings is 2. The van der Waals surface area contributed by atoms with Crippen LogP contribution in [0.3, 0.4) is 0 Å². The van der Waals surface area contributed by atoms with E-state index >= 15 is 0 Å². The zero-order chi connectivity index (χ0) is 31.3. The van der Waals surface area contributed by atoms with Crippen LogP contribution in [0.2, 0.25) is 0 Å². The quantitative estimate of drug-likeness (QED) is 0.374. The van der Waals surface area contributed by atoms with E-state index in [9.17, 15) is 14.0 Å². The molecule has 1 spiro atoms. The molecule has 0 bridgehead atoms. The maximum atomic E-state index is 13.8. The SMILES string of the molecule is C[C@@H](NC(=O)c1cncc(N2CCN(C(=O)C3(C)CC3)CC2)c1)c1ccc(C(=C2CC3(C2)CN(C)C3)c2ccc(F)cc2)cc1. The van der Waals surface area contributed by atoms with E-state index in [0.29, 0.717) is 24.1 Å². The van der Waals surface area contributed by atoms with Gasteiger partial charge in [-0.15, -0.1) is 0 Å². The third-order valence-electron chi connectivity index (χ3n) is 10.4. The van der Waals surface area contributed by atoms with Crippen molar-refractivity contribution in [2.24, 2.45) is 10.8 Å². The number of hydrogen-bond acceptors (Lipinski definition) is 5. The van der Waals surface area contributed by atoms with Gasteiger partial charge in [0.2, 0.25) is 5.91 Å². The standard InChI is InChI=1S/C37H42FN5O2/c1-25(40-34(44)29-18-32(22-39-21-29)42-14-16-43(17-15-42)35(45)36(2)12-13-36)26-4-6-27(7-5-26)33(28-8-10-31(38)11-9-28)30-19-37(20-30)23-41(3)24-37/h4-11,18,21-22,25H,12-17,19-20,23-24H2,1-3H3,(H,40,44)/t25-/m1/s1. The second-order valence-electron chi connectivity index (χ2n) is 14.1. The molecule has 8 heteroatoms. The fraction of sp³-hybridized carbons (Fsp3) is 0.432. The minimum Gasteiger partial charge on any atom is -0.367 e. The molecule has 0 radical (unpaired) electrons. The van der Waals surface area contributed by atoms with Gasteiger partial charge in [0.25, 0.3) is 5.91 Å². The molecule has 45 heavy (non-hydrogen) atoms. The molecule has 234 valence electrons. The molecule has 1 atom stereocenters. The maximum Gasteiger partial charge on any atom is 0.253 e. The number of carbonyl (C=O) groups is 2. The number of carbonyl (C=O) groups excluding carboxylic acids is 2. The highest BCUT2D eigenvalue weighted by Crippen LogP contribution is 2.54. The predicted octanol–water partition coefficient (Wildman–Crippen LogP) is 5.69. The lowest BCUT2D eigenvalue weighted by molar-refractivity contribution is -0.136. The summed E-state index contributed by atoms with van der Waals surface area (Å²) in [5.74, 6) is -0.125. The Labute approximate surface area is 265 Å². The molecule has 0 unspecified atom stereocenters. The van der Waals surface area contributed by atoms with Gasteiger partial charge in [-0.2, -0.15) is 0 Å². The number of aromatic nitrogens is 1. The molecule has 1 aromatic heterocycles. The molecule has 2 aliphatic heterocycles. The number of hydrogen-bond donors (Lipinski definition) is 1. The van der Waals surface area contributed by atoms with Crippen molar-refractivity contribution in [3.05, 3.63) is 101 Å². The Morgan fingerprint density at radius 2 is 1.51 bits per heavy atom. The molecule has 2 saturated carbocycles. The van der Waals surface area contributed by atoms with Crippen LogP contribution in [0, 0.1) is 16.6 Å². The molecule has 7 rings (SSSR count). The summed E-state index contributed by atoms with van der Waals surface area (Å²) in [6.07, 6.45) is 7.54. The monoisotopic (exact) mass is 607 g/mol. The first kappa shape index (κ1) is 29.7. The van der Waals surface area contributed by atoms with Gasteiger partial charge in [-0.25, -0.2) is 4.39 Å². The van der Waals surface area contributed by atoms with Crippen molar-refractivity contribution in [3.63, 3.8) is 0 Å². The molecule has 3 heterocycles. The van der Waals surface area contributed by atoms with E-state index in [0.717, 1.165) is 74.2 Å². The lowest BCUT2D eigenvalue weighted by Gasteiger charge is -2.56. The fourth-order valence-corrected chi connectivity index (χ4v) is 7.52. The van der Waals surface area contributed by atoms with Crippen molar-refractivity contribution in [2.75, 3.05) is 51.2 Å². The topological polar surface area (TPSA) is 68.8 Å². The number of amides is 2. The second kappa shape index (κ2) is 11.4. The van der Waals surface area contributed by atoms with Crippen molar-refractivity contribution in [2.45, 2.75) is 45.6 Å². The van der Waals surface area contributed by atoms with Crippen LogP contribution >= 0.6 is 0 Å². The summed E-state index contributed by atoms with van der Waals surface area (Å²) in [5.41, 5.74) is 7.48. The number of pyridine rings is 1. The van der Waals surface area contributed by atoms with Crippen LogP contribution in [0.15, 0.2) is 72.6 Å². The van der Waals surface area contributed by atoms with Gasteiger partial charge < -0.3 is 20.0 Å². The van der Waals surface area contributed by atoms with Gasteiger partial charge in [-0.05, 0) is 80.1 Å². The Morgan fingerprint density at radius 1 is 0.889 bits per heavy atom. The molecule has 3 aromatic rings. The lowest BCUT2D eigenvalue weighted by atomic mass is 9.59. The summed E-state index contributed by atoms with van der Waals surface area (Å²) >= 11 is 0. The van der Waals surface area contributed by atoms with Crippen molar-refractivity contribution >= 4 is 23.1 Å². The minimum atomic E-state index is -0.230. The average Bonchev–Trinajstić information content (AvgIpc) is 3.78. The third-order valence-corrected chi connectivity index (χ3v) is 10.4. The first-order valence-electron chi connectivity index (χ1n) is 16.2. The van der Waals surface area contributed by atoms with Gasteiger partial charge in [0.1, 0.15) is 5.82 Å². The molecular formula is C37H42FN5O2. The zero-order valence-electron chi connectivity index (χ0n) is 26.5. The Bertz CT molecular complexity index is 1620. The molecule has 7 nitrogen and oxygen atoms in total. The highest BCUT2D eigenvalue weighted by molar-refractivity contribution is 5.95. The van der Waals surface area contributed by atoms with Gasteiger partial charge in [0.15, 0.2) is 0 Å². The molecular weight excluding hydrogens is 565 g/mol. The van der Waals surface area contributed by atoms with Crippen molar-refractivity contribution in [1.29, 1.82) is 0 Å². The van der Waals surface area contributed by atoms with Crippen LogP contribution in [0.1, 0.15) is 72.6 Å². The normalized spacial score (nSPS) is 20.7. The van der Waals surface area contributed by atoms with E-state index in [1.165, 1.54) is 23.3 Å². The van der Waals surface area contributed by atoms with Gasteiger partial charge in [0.05, 0.1) is 23.5 Å². The number of nitrogens with one attached hydrogen (secondary N) is 1. The highest BCUT2D eigenvalue weighted by Gasteiger charge is 2.49. The maximum absolute atomic E-state index is 13.8. The molecule has 2 aliphatic carbocycles. The summed E-state index contributed by atoms with van der Waals surface area (Å²) in [6.45, 7) is 9.16. The van der Waals surface area contributed by atoms with Crippen molar-refractivity contribution in [3.8, 4) is 0 Å². The zero-order valence-corrected chi connectivity index (χ0v) is 26.5. The number of piperazine rings is 1. The van der Waals surface area contributed by atoms with Crippen LogP contribution in [-0.2, 0) is 4.79 Å². The van der Waals surface area contributed by atoms with E-state index in [4.69, 9.17) is 0 Å². The van der Waals surface area contributed by atoms with E-state index < -0.39 is 0 Å². The van der Waals surface area contributed by atoms with E-state index in [-0.39, 0.29) is 29.1 Å². The minimum absolute atomic E-state index is 0.145. The van der Waals surface area contributed by atoms with Gasteiger partial charge >= 0.3 is 0 Å². The fourth-order valence-electron chi connectivity index (χ4n) is 7.52. The van der Waals surface area contributed by atoms with Crippen LogP contribution in [0.25, 0.3) is 5.57 Å². The lowest BCUT2D eigenvalue weighted by Crippen LogP contribution is -2.58. The summed E-state index contributed by atoms with van der Waals surface area (Å²) in [4.78, 5) is 37.0. The third kappa shape index (κ3) is 5.88. The first-order chi connectivity index (χ1) is 21.6. The van der Waals surface area contributed by atoms with Crippen LogP contribution < -0.4 is 10.2 Å². The van der Waals surface area contributed by atoms with E-state index in [2.05, 4.69) is 58.3 Å². The Hall–Kier alpha value is -4.04. The van der Waals surface area contributed by atoms with Crippen LogP contribution in [-0.4, -0.2) is 72.9 Å². The Morgan fingerprint density at radius 3 is 2.11 bits per heavy atom. The number of rotatable bonds is 7. The van der Waals surface area contributed by atoms with Gasteiger partial charge in [-0.1, -0.05) is 48.9 Å². The Balaban J connectivity index is 1.01. The first-order valence-corrected chi connectivity index (χ1v) is 16.2.